The summed E-state index contributed by atoms with van der Waals surface area (Å²) in [5.74, 6) is -0.645. The van der Waals surface area contributed by atoms with Crippen LogP contribution in [-0.2, 0) is 35.0 Å². The molecule has 0 radical (unpaired) electrons. The van der Waals surface area contributed by atoms with Crippen molar-refractivity contribution in [2.45, 2.75) is 77.8 Å². The summed E-state index contributed by atoms with van der Waals surface area (Å²) >= 11 is 9.45. The Bertz CT molecular complexity index is 1440. The monoisotopic (exact) mass is 778 g/mol. The Morgan fingerprint density at radius 3 is 2.05 bits per heavy atom. The Morgan fingerprint density at radius 2 is 1.57 bits per heavy atom. The maximum Gasteiger partial charge on any atom is 0.419 e. The first-order valence-electron chi connectivity index (χ1n) is 13.3. The summed E-state index contributed by atoms with van der Waals surface area (Å²) in [5, 5.41) is 8.10. The molecular formula is C30H40Br2N2O8S2. The molecule has 0 aliphatic heterocycles. The van der Waals surface area contributed by atoms with Gasteiger partial charge < -0.3 is 18.9 Å². The Morgan fingerprint density at radius 1 is 0.977 bits per heavy atom. The number of aromatic nitrogens is 1. The Labute approximate surface area is 283 Å². The molecule has 1 amide bonds. The van der Waals surface area contributed by atoms with E-state index in [1.165, 1.54) is 47.5 Å². The average molecular weight is 781 g/mol. The fourth-order valence-corrected chi connectivity index (χ4v) is 5.68. The van der Waals surface area contributed by atoms with E-state index in [9.17, 15) is 19.2 Å². The molecule has 10 nitrogen and oxygen atoms in total. The van der Waals surface area contributed by atoms with Crippen molar-refractivity contribution in [1.29, 1.82) is 0 Å². The van der Waals surface area contributed by atoms with E-state index in [4.69, 9.17) is 14.2 Å². The lowest BCUT2D eigenvalue weighted by Gasteiger charge is -2.20. The van der Waals surface area contributed by atoms with E-state index in [-0.39, 0.29) is 23.2 Å². The van der Waals surface area contributed by atoms with E-state index in [1.54, 1.807) is 6.08 Å². The van der Waals surface area contributed by atoms with Crippen LogP contribution in [0.3, 0.4) is 0 Å². The number of alkyl halides is 1. The number of anilines is 1. The first kappa shape index (κ1) is 39.3. The quantitative estimate of drug-likeness (QED) is 0.118. The summed E-state index contributed by atoms with van der Waals surface area (Å²) in [7, 11) is 2.71. The summed E-state index contributed by atoms with van der Waals surface area (Å²) in [6.45, 7) is 14.7. The van der Waals surface area contributed by atoms with Gasteiger partial charge in [-0.2, -0.15) is 0 Å². The van der Waals surface area contributed by atoms with Crippen molar-refractivity contribution in [1.82, 2.24) is 4.57 Å². The summed E-state index contributed by atoms with van der Waals surface area (Å²) in [6, 6.07) is 3.78. The fraction of sp³-hybridized carbons (Fsp3) is 0.467. The maximum atomic E-state index is 12.4. The van der Waals surface area contributed by atoms with Crippen LogP contribution >= 0.6 is 54.5 Å². The molecule has 0 bridgehead atoms. The zero-order chi connectivity index (χ0) is 33.8. The highest BCUT2D eigenvalue weighted by molar-refractivity contribution is 9.10. The summed E-state index contributed by atoms with van der Waals surface area (Å²) in [4.78, 5) is 46.7. The number of ether oxygens (including phenoxy) is 4. The minimum absolute atomic E-state index is 0.144. The number of fused-ring (bicyclic) bond motifs is 1. The van der Waals surface area contributed by atoms with Gasteiger partial charge in [-0.3, -0.25) is 10.1 Å². The second-order valence-electron chi connectivity index (χ2n) is 11.1. The molecule has 3 aromatic heterocycles. The van der Waals surface area contributed by atoms with Crippen LogP contribution in [0.5, 0.6) is 0 Å². The average Bonchev–Trinajstić information content (AvgIpc) is 3.58. The molecule has 1 N–H and O–H groups in total. The van der Waals surface area contributed by atoms with Gasteiger partial charge in [-0.25, -0.2) is 19.0 Å². The van der Waals surface area contributed by atoms with Crippen molar-refractivity contribution in [3.8, 4) is 0 Å². The highest BCUT2D eigenvalue weighted by Gasteiger charge is 2.25. The molecule has 1 unspecified atom stereocenters. The number of nitrogens with zero attached hydrogens (tertiary/aromatic N) is 1. The maximum absolute atomic E-state index is 12.4. The lowest BCUT2D eigenvalue weighted by Crippen LogP contribution is -2.27. The normalized spacial score (nSPS) is 11.9. The van der Waals surface area contributed by atoms with E-state index in [0.29, 0.717) is 0 Å². The van der Waals surface area contributed by atoms with Gasteiger partial charge in [-0.15, -0.1) is 22.7 Å². The van der Waals surface area contributed by atoms with Gasteiger partial charge in [0.25, 0.3) is 0 Å². The lowest BCUT2D eigenvalue weighted by atomic mass is 10.1. The molecule has 0 saturated heterocycles. The fourth-order valence-electron chi connectivity index (χ4n) is 3.21. The topological polar surface area (TPSA) is 122 Å². The van der Waals surface area contributed by atoms with Crippen LogP contribution in [0.15, 0.2) is 39.5 Å². The van der Waals surface area contributed by atoms with E-state index >= 15 is 0 Å². The van der Waals surface area contributed by atoms with Crippen molar-refractivity contribution in [3.05, 3.63) is 50.8 Å². The third kappa shape index (κ3) is 14.0. The van der Waals surface area contributed by atoms with Crippen molar-refractivity contribution in [2.75, 3.05) is 19.5 Å². The molecule has 0 aliphatic rings. The van der Waals surface area contributed by atoms with Crippen LogP contribution in [-0.4, -0.2) is 58.9 Å². The number of halogens is 2. The SMILES string of the molecule is CC(C)(C)OC(=O)Nc1sccc1Br.COC(=O)/C=C/C(C)Br.COC(=O)Cc1c(C)n(C(=O)OC(C)(C)C)c2sccc12. The zero-order valence-electron chi connectivity index (χ0n) is 26.5. The number of methoxy groups -OCH3 is 2. The second-order valence-corrected chi connectivity index (χ2v) is 15.2. The van der Waals surface area contributed by atoms with Crippen LogP contribution in [0.2, 0.25) is 0 Å². The number of hydrogen-bond donors (Lipinski definition) is 1. The Kier molecular flexibility index (Phi) is 15.8. The lowest BCUT2D eigenvalue weighted by molar-refractivity contribution is -0.139. The third-order valence-electron chi connectivity index (χ3n) is 5.00. The van der Waals surface area contributed by atoms with E-state index in [0.717, 1.165) is 30.9 Å². The van der Waals surface area contributed by atoms with Crippen molar-refractivity contribution < 1.29 is 38.1 Å². The van der Waals surface area contributed by atoms with Gasteiger partial charge in [0.15, 0.2) is 0 Å². The summed E-state index contributed by atoms with van der Waals surface area (Å²) in [6.07, 6.45) is 2.39. The summed E-state index contributed by atoms with van der Waals surface area (Å²) in [5.41, 5.74) is 0.494. The van der Waals surface area contributed by atoms with Crippen molar-refractivity contribution in [3.63, 3.8) is 0 Å². The predicted molar refractivity (Wildman–Crippen MR) is 183 cm³/mol. The van der Waals surface area contributed by atoms with Gasteiger partial charge in [-0.05, 0) is 99.8 Å². The Hall–Kier alpha value is -2.68. The van der Waals surface area contributed by atoms with Crippen LogP contribution in [0.4, 0.5) is 14.6 Å². The first-order valence-corrected chi connectivity index (χ1v) is 16.8. The van der Waals surface area contributed by atoms with Gasteiger partial charge in [0.05, 0.1) is 25.1 Å². The highest BCUT2D eigenvalue weighted by atomic mass is 79.9. The number of rotatable bonds is 5. The molecule has 14 heteroatoms. The molecule has 0 aromatic carbocycles. The summed E-state index contributed by atoms with van der Waals surface area (Å²) < 4.78 is 22.0. The van der Waals surface area contributed by atoms with Crippen LogP contribution in [0, 0.1) is 6.92 Å². The standard InChI is InChI=1S/C15H19NO4S.C9H12BrNO2S.C6H9BrO2/c1-9-11(8-12(17)19-5)10-6-7-21-13(10)16(9)14(18)20-15(2,3)4;1-9(2,3)13-8(12)11-7-6(10)4-5-14-7;1-5(7)3-4-6(8)9-2/h6-7H,8H2,1-5H3;4-5H,1-3H3,(H,11,12);3-5H,1-2H3/b;;4-3+. The van der Waals surface area contributed by atoms with Gasteiger partial charge in [0.1, 0.15) is 21.0 Å². The largest absolute Gasteiger partial charge is 0.469 e. The molecular weight excluding hydrogens is 740 g/mol. The Balaban J connectivity index is 0.000000363. The van der Waals surface area contributed by atoms with Crippen molar-refractivity contribution in [2.24, 2.45) is 0 Å². The van der Waals surface area contributed by atoms with Crippen LogP contribution in [0.1, 0.15) is 59.7 Å². The highest BCUT2D eigenvalue weighted by Crippen LogP contribution is 2.32. The van der Waals surface area contributed by atoms with Gasteiger partial charge in [0, 0.05) is 22.0 Å². The minimum atomic E-state index is -0.570. The van der Waals surface area contributed by atoms with Crippen LogP contribution in [0.25, 0.3) is 10.2 Å². The molecule has 0 spiro atoms. The number of thiophene rings is 2. The van der Waals surface area contributed by atoms with E-state index < -0.39 is 23.4 Å². The molecule has 0 aliphatic carbocycles. The zero-order valence-corrected chi connectivity index (χ0v) is 31.3. The van der Waals surface area contributed by atoms with E-state index in [2.05, 4.69) is 41.9 Å². The molecule has 3 rings (SSSR count). The molecule has 3 aromatic rings. The minimum Gasteiger partial charge on any atom is -0.469 e. The van der Waals surface area contributed by atoms with Crippen molar-refractivity contribution >= 4 is 93.9 Å². The molecule has 244 valence electrons. The molecule has 0 fully saturated rings. The third-order valence-corrected chi connectivity index (χ3v) is 7.96. The number of amides is 1. The molecule has 3 heterocycles. The smallest absolute Gasteiger partial charge is 0.419 e. The molecule has 44 heavy (non-hydrogen) atoms. The number of allylic oxidation sites excluding steroid dienone is 1. The van der Waals surface area contributed by atoms with Gasteiger partial charge in [-0.1, -0.05) is 22.0 Å². The van der Waals surface area contributed by atoms with E-state index in [1.807, 2.05) is 78.3 Å². The first-order chi connectivity index (χ1) is 20.3. The van der Waals surface area contributed by atoms with Gasteiger partial charge in [0.2, 0.25) is 0 Å². The predicted octanol–water partition coefficient (Wildman–Crippen LogP) is 8.87. The number of esters is 2. The van der Waals surface area contributed by atoms with Crippen LogP contribution < -0.4 is 5.32 Å². The van der Waals surface area contributed by atoms with Gasteiger partial charge >= 0.3 is 24.1 Å². The number of carbonyl (C=O) groups is 4. The molecule has 1 atom stereocenters. The number of hydrogen-bond acceptors (Lipinski definition) is 10. The number of carbonyl (C=O) groups excluding carboxylic acids is 4. The second kappa shape index (κ2) is 17.7. The molecule has 0 saturated carbocycles. The number of nitrogens with one attached hydrogen (secondary N) is 1.